The molecule has 1 aliphatic rings. The van der Waals surface area contributed by atoms with E-state index in [1.54, 1.807) is 0 Å². The third kappa shape index (κ3) is 1.55. The largest absolute Gasteiger partial charge is 0.454 e. The molecule has 1 aliphatic heterocycles. The van der Waals surface area contributed by atoms with Gasteiger partial charge in [-0.15, -0.1) is 0 Å². The minimum absolute atomic E-state index is 0.557. The van der Waals surface area contributed by atoms with Gasteiger partial charge in [-0.25, -0.2) is 0 Å². The molecule has 0 fully saturated rings. The van der Waals surface area contributed by atoms with Crippen molar-refractivity contribution in [2.24, 2.45) is 5.92 Å². The number of hydrogen-bond acceptors (Lipinski definition) is 2. The highest BCUT2D eigenvalue weighted by Crippen LogP contribution is 2.39. The smallest absolute Gasteiger partial charge is 0.154 e. The number of rotatable bonds is 0. The standard InChI is InChI=1S/C15H17NO/c1-10-8-11(2)15-14(16(3)9-10)12-6-4-5-7-13(12)17-15/h4-8,10H,9H2,1-3H3. The second-order valence-corrected chi connectivity index (χ2v) is 4.98. The molecule has 0 N–H and O–H groups in total. The lowest BCUT2D eigenvalue weighted by Crippen LogP contribution is -2.21. The van der Waals surface area contributed by atoms with Crippen LogP contribution in [0.25, 0.3) is 16.5 Å². The molecule has 2 heterocycles. The molecule has 0 amide bonds. The van der Waals surface area contributed by atoms with Crippen LogP contribution in [0.5, 0.6) is 0 Å². The van der Waals surface area contributed by atoms with Crippen LogP contribution in [0.2, 0.25) is 0 Å². The van der Waals surface area contributed by atoms with Crippen LogP contribution >= 0.6 is 0 Å². The number of nitrogens with zero attached hydrogens (tertiary/aromatic N) is 1. The summed E-state index contributed by atoms with van der Waals surface area (Å²) in [6.45, 7) is 5.42. The van der Waals surface area contributed by atoms with Crippen LogP contribution in [0.15, 0.2) is 34.8 Å². The molecule has 1 aromatic heterocycles. The minimum Gasteiger partial charge on any atom is -0.454 e. The monoisotopic (exact) mass is 227 g/mol. The molecule has 1 unspecified atom stereocenters. The van der Waals surface area contributed by atoms with E-state index in [-0.39, 0.29) is 0 Å². The van der Waals surface area contributed by atoms with Gasteiger partial charge in [0.2, 0.25) is 0 Å². The highest BCUT2D eigenvalue weighted by Gasteiger charge is 2.22. The lowest BCUT2D eigenvalue weighted by molar-refractivity contribution is 0.599. The van der Waals surface area contributed by atoms with Crippen molar-refractivity contribution in [2.75, 3.05) is 18.5 Å². The molecule has 0 spiro atoms. The van der Waals surface area contributed by atoms with Gasteiger partial charge in [-0.1, -0.05) is 25.1 Å². The molecule has 1 atom stereocenters. The zero-order valence-electron chi connectivity index (χ0n) is 10.5. The van der Waals surface area contributed by atoms with Gasteiger partial charge in [0.1, 0.15) is 5.58 Å². The third-order valence-electron chi connectivity index (χ3n) is 3.41. The van der Waals surface area contributed by atoms with Crippen LogP contribution in [0, 0.1) is 5.92 Å². The van der Waals surface area contributed by atoms with E-state index in [2.05, 4.69) is 44.0 Å². The van der Waals surface area contributed by atoms with Gasteiger partial charge in [0, 0.05) is 19.0 Å². The predicted octanol–water partition coefficient (Wildman–Crippen LogP) is 3.92. The molecule has 17 heavy (non-hydrogen) atoms. The highest BCUT2D eigenvalue weighted by atomic mass is 16.3. The number of para-hydroxylation sites is 1. The maximum absolute atomic E-state index is 5.99. The number of furan rings is 1. The third-order valence-corrected chi connectivity index (χ3v) is 3.41. The molecule has 1 aromatic carbocycles. The summed E-state index contributed by atoms with van der Waals surface area (Å²) in [7, 11) is 2.14. The topological polar surface area (TPSA) is 16.4 Å². The van der Waals surface area contributed by atoms with E-state index in [1.807, 2.05) is 12.1 Å². The van der Waals surface area contributed by atoms with Crippen LogP contribution in [-0.2, 0) is 0 Å². The summed E-state index contributed by atoms with van der Waals surface area (Å²) in [6.07, 6.45) is 2.30. The van der Waals surface area contributed by atoms with E-state index >= 15 is 0 Å². The molecule has 2 aromatic rings. The van der Waals surface area contributed by atoms with Gasteiger partial charge >= 0.3 is 0 Å². The van der Waals surface area contributed by atoms with Crippen molar-refractivity contribution in [1.82, 2.24) is 0 Å². The maximum atomic E-state index is 5.99. The molecule has 2 heteroatoms. The predicted molar refractivity (Wildman–Crippen MR) is 72.3 cm³/mol. The molecular formula is C15H17NO. The Hall–Kier alpha value is -1.70. The Bertz CT molecular complexity index is 594. The Labute approximate surface area is 102 Å². The van der Waals surface area contributed by atoms with E-state index in [0.717, 1.165) is 17.9 Å². The lowest BCUT2D eigenvalue weighted by Gasteiger charge is -2.19. The second-order valence-electron chi connectivity index (χ2n) is 4.98. The molecule has 3 rings (SSSR count). The Kier molecular flexibility index (Phi) is 2.25. The molecule has 0 aliphatic carbocycles. The zero-order valence-corrected chi connectivity index (χ0v) is 10.5. The van der Waals surface area contributed by atoms with Crippen LogP contribution in [-0.4, -0.2) is 13.6 Å². The van der Waals surface area contributed by atoms with Crippen molar-refractivity contribution < 1.29 is 4.42 Å². The van der Waals surface area contributed by atoms with Gasteiger partial charge in [-0.2, -0.15) is 0 Å². The van der Waals surface area contributed by atoms with Gasteiger partial charge in [-0.05, 0) is 30.5 Å². The van der Waals surface area contributed by atoms with E-state index in [0.29, 0.717) is 5.92 Å². The molecule has 2 nitrogen and oxygen atoms in total. The fourth-order valence-corrected chi connectivity index (χ4v) is 2.76. The SMILES string of the molecule is CC1=CC(C)CN(C)c2c1oc1ccccc21. The van der Waals surface area contributed by atoms with Gasteiger partial charge in [-0.3, -0.25) is 0 Å². The van der Waals surface area contributed by atoms with Gasteiger partial charge in [0.15, 0.2) is 5.76 Å². The second kappa shape index (κ2) is 3.66. The summed E-state index contributed by atoms with van der Waals surface area (Å²) in [4.78, 5) is 2.30. The lowest BCUT2D eigenvalue weighted by atomic mass is 10.1. The van der Waals surface area contributed by atoms with Crippen LogP contribution in [0.3, 0.4) is 0 Å². The first kappa shape index (κ1) is 10.5. The van der Waals surface area contributed by atoms with Crippen LogP contribution in [0.4, 0.5) is 5.69 Å². The Balaban J connectivity index is 2.32. The van der Waals surface area contributed by atoms with Crippen molar-refractivity contribution in [2.45, 2.75) is 13.8 Å². The van der Waals surface area contributed by atoms with E-state index in [4.69, 9.17) is 4.42 Å². The normalized spacial score (nSPS) is 20.1. The molecule has 88 valence electrons. The number of benzene rings is 1. The Morgan fingerprint density at radius 1 is 1.29 bits per heavy atom. The van der Waals surface area contributed by atoms with Crippen molar-refractivity contribution in [3.05, 3.63) is 36.1 Å². The summed E-state index contributed by atoms with van der Waals surface area (Å²) < 4.78 is 5.99. The number of hydrogen-bond donors (Lipinski definition) is 0. The van der Waals surface area contributed by atoms with E-state index in [9.17, 15) is 0 Å². The number of allylic oxidation sites excluding steroid dienone is 1. The van der Waals surface area contributed by atoms with Gasteiger partial charge in [0.05, 0.1) is 5.69 Å². The van der Waals surface area contributed by atoms with Crippen molar-refractivity contribution in [1.29, 1.82) is 0 Å². The summed E-state index contributed by atoms with van der Waals surface area (Å²) in [5, 5.41) is 1.21. The molecule has 0 bridgehead atoms. The summed E-state index contributed by atoms with van der Waals surface area (Å²) in [6, 6.07) is 8.26. The Morgan fingerprint density at radius 3 is 2.88 bits per heavy atom. The van der Waals surface area contributed by atoms with Crippen molar-refractivity contribution in [3.8, 4) is 0 Å². The fourth-order valence-electron chi connectivity index (χ4n) is 2.76. The van der Waals surface area contributed by atoms with E-state index < -0.39 is 0 Å². The zero-order chi connectivity index (χ0) is 12.0. The summed E-state index contributed by atoms with van der Waals surface area (Å²) in [5.74, 6) is 1.58. The van der Waals surface area contributed by atoms with Crippen molar-refractivity contribution >= 4 is 22.2 Å². The first-order chi connectivity index (χ1) is 8.16. The molecule has 0 saturated heterocycles. The molecular weight excluding hydrogens is 210 g/mol. The average molecular weight is 227 g/mol. The maximum Gasteiger partial charge on any atom is 0.154 e. The number of anilines is 1. The molecule has 0 radical (unpaired) electrons. The first-order valence-corrected chi connectivity index (χ1v) is 6.08. The Morgan fingerprint density at radius 2 is 2.06 bits per heavy atom. The fraction of sp³-hybridized carbons (Fsp3) is 0.333. The quantitative estimate of drug-likeness (QED) is 0.678. The van der Waals surface area contributed by atoms with Crippen LogP contribution in [0.1, 0.15) is 19.6 Å². The summed E-state index contributed by atoms with van der Waals surface area (Å²) in [5.41, 5.74) is 3.46. The van der Waals surface area contributed by atoms with Gasteiger partial charge < -0.3 is 9.32 Å². The van der Waals surface area contributed by atoms with Crippen molar-refractivity contribution in [3.63, 3.8) is 0 Å². The highest BCUT2D eigenvalue weighted by molar-refractivity contribution is 5.97. The minimum atomic E-state index is 0.557. The van der Waals surface area contributed by atoms with Gasteiger partial charge in [0.25, 0.3) is 0 Å². The first-order valence-electron chi connectivity index (χ1n) is 6.08. The summed E-state index contributed by atoms with van der Waals surface area (Å²) >= 11 is 0. The average Bonchev–Trinajstić information content (AvgIpc) is 2.63. The van der Waals surface area contributed by atoms with Crippen LogP contribution < -0.4 is 4.90 Å². The number of fused-ring (bicyclic) bond motifs is 3. The van der Waals surface area contributed by atoms with E-state index in [1.165, 1.54) is 16.6 Å². The molecule has 0 saturated carbocycles.